The summed E-state index contributed by atoms with van der Waals surface area (Å²) < 4.78 is 2.19. The van der Waals surface area contributed by atoms with Gasteiger partial charge in [-0.3, -0.25) is 9.36 Å². The molecule has 0 aromatic carbocycles. The lowest BCUT2D eigenvalue weighted by molar-refractivity contribution is 0.595. The topological polar surface area (TPSA) is 34.9 Å². The molecule has 0 aliphatic rings. The van der Waals surface area contributed by atoms with Crippen molar-refractivity contribution in [3.63, 3.8) is 0 Å². The predicted octanol–water partition coefficient (Wildman–Crippen LogP) is 2.28. The van der Waals surface area contributed by atoms with Crippen LogP contribution in [0.15, 0.2) is 28.1 Å². The molecule has 0 spiro atoms. The van der Waals surface area contributed by atoms with E-state index in [1.54, 1.807) is 10.8 Å². The van der Waals surface area contributed by atoms with E-state index in [9.17, 15) is 4.79 Å². The molecule has 76 valence electrons. The number of hydrogen-bond donors (Lipinski definition) is 0. The fraction of sp³-hybridized carbons (Fsp3) is 0.400. The lowest BCUT2D eigenvalue weighted by Gasteiger charge is -2.07. The monoisotopic (exact) mass is 256 g/mol. The van der Waals surface area contributed by atoms with Gasteiger partial charge >= 0.3 is 0 Å². The molecule has 1 heterocycles. The molecule has 1 rings (SSSR count). The second-order valence-electron chi connectivity index (χ2n) is 3.04. The summed E-state index contributed by atoms with van der Waals surface area (Å²) >= 11 is 3.17. The van der Waals surface area contributed by atoms with Crippen LogP contribution in [0, 0.1) is 6.92 Å². The first-order chi connectivity index (χ1) is 6.66. The van der Waals surface area contributed by atoms with Crippen LogP contribution in [0.25, 0.3) is 0 Å². The van der Waals surface area contributed by atoms with Gasteiger partial charge < -0.3 is 0 Å². The summed E-state index contributed by atoms with van der Waals surface area (Å²) in [6.45, 7) is 6.17. The highest BCUT2D eigenvalue weighted by Gasteiger charge is 2.03. The Morgan fingerprint density at radius 3 is 3.07 bits per heavy atom. The van der Waals surface area contributed by atoms with Gasteiger partial charge in [-0.1, -0.05) is 6.08 Å². The van der Waals surface area contributed by atoms with Crippen LogP contribution in [-0.4, -0.2) is 9.55 Å². The van der Waals surface area contributed by atoms with Gasteiger partial charge in [0.25, 0.3) is 5.56 Å². The molecule has 0 unspecified atom stereocenters. The summed E-state index contributed by atoms with van der Waals surface area (Å²) in [5, 5.41) is 0. The van der Waals surface area contributed by atoms with Crippen molar-refractivity contribution in [1.29, 1.82) is 0 Å². The number of halogens is 1. The molecule has 0 atom stereocenters. The SMILES string of the molecule is C=CCCCn1c(C)ncc(Br)c1=O. The van der Waals surface area contributed by atoms with Crippen LogP contribution in [0.2, 0.25) is 0 Å². The minimum Gasteiger partial charge on any atom is -0.296 e. The molecule has 1 aromatic rings. The fourth-order valence-electron chi connectivity index (χ4n) is 1.21. The lowest BCUT2D eigenvalue weighted by Crippen LogP contribution is -2.24. The molecule has 0 bridgehead atoms. The second kappa shape index (κ2) is 5.10. The maximum absolute atomic E-state index is 11.6. The molecule has 4 heteroatoms. The van der Waals surface area contributed by atoms with Crippen LogP contribution >= 0.6 is 15.9 Å². The average Bonchev–Trinajstić information content (AvgIpc) is 2.18. The zero-order chi connectivity index (χ0) is 10.6. The Hall–Kier alpha value is -0.900. The summed E-state index contributed by atoms with van der Waals surface area (Å²) in [5.74, 6) is 0.752. The standard InChI is InChI=1S/C10H13BrN2O/c1-3-4-5-6-13-8(2)12-7-9(11)10(13)14/h3,7H,1,4-6H2,2H3. The van der Waals surface area contributed by atoms with E-state index in [-0.39, 0.29) is 5.56 Å². The minimum absolute atomic E-state index is 0.0124. The second-order valence-corrected chi connectivity index (χ2v) is 3.90. The first-order valence-electron chi connectivity index (χ1n) is 4.49. The van der Waals surface area contributed by atoms with Crippen molar-refractivity contribution in [2.75, 3.05) is 0 Å². The number of nitrogens with zero attached hydrogens (tertiary/aromatic N) is 2. The molecule has 0 N–H and O–H groups in total. The van der Waals surface area contributed by atoms with Crippen molar-refractivity contribution in [2.24, 2.45) is 0 Å². The largest absolute Gasteiger partial charge is 0.296 e. The molecular formula is C10H13BrN2O. The number of hydrogen-bond acceptors (Lipinski definition) is 2. The molecule has 0 saturated carbocycles. The van der Waals surface area contributed by atoms with Crippen molar-refractivity contribution in [3.05, 3.63) is 39.5 Å². The number of rotatable bonds is 4. The highest BCUT2D eigenvalue weighted by Crippen LogP contribution is 2.03. The third-order valence-corrected chi connectivity index (χ3v) is 2.54. The van der Waals surface area contributed by atoms with Gasteiger partial charge in [-0.15, -0.1) is 6.58 Å². The van der Waals surface area contributed by atoms with Gasteiger partial charge in [0.2, 0.25) is 0 Å². The van der Waals surface area contributed by atoms with Crippen molar-refractivity contribution < 1.29 is 0 Å². The van der Waals surface area contributed by atoms with E-state index in [1.807, 2.05) is 13.0 Å². The lowest BCUT2D eigenvalue weighted by atomic mass is 10.3. The van der Waals surface area contributed by atoms with E-state index in [0.717, 1.165) is 18.7 Å². The molecule has 1 aromatic heterocycles. The summed E-state index contributed by atoms with van der Waals surface area (Å²) in [6, 6.07) is 0. The Morgan fingerprint density at radius 2 is 2.43 bits per heavy atom. The van der Waals surface area contributed by atoms with Crippen LogP contribution in [0.1, 0.15) is 18.7 Å². The van der Waals surface area contributed by atoms with E-state index in [1.165, 1.54) is 0 Å². The Labute approximate surface area is 91.6 Å². The van der Waals surface area contributed by atoms with E-state index >= 15 is 0 Å². The Balaban J connectivity index is 2.89. The summed E-state index contributed by atoms with van der Waals surface area (Å²) in [4.78, 5) is 15.7. The third kappa shape index (κ3) is 2.54. The van der Waals surface area contributed by atoms with E-state index in [2.05, 4.69) is 27.5 Å². The Morgan fingerprint density at radius 1 is 1.71 bits per heavy atom. The third-order valence-electron chi connectivity index (χ3n) is 1.99. The van der Waals surface area contributed by atoms with Gasteiger partial charge in [0.05, 0.1) is 0 Å². The molecule has 0 aliphatic heterocycles. The fourth-order valence-corrected chi connectivity index (χ4v) is 1.52. The zero-order valence-electron chi connectivity index (χ0n) is 8.16. The quantitative estimate of drug-likeness (QED) is 0.612. The average molecular weight is 257 g/mol. The number of unbranched alkanes of at least 4 members (excludes halogenated alkanes) is 1. The van der Waals surface area contributed by atoms with Crippen molar-refractivity contribution in [3.8, 4) is 0 Å². The van der Waals surface area contributed by atoms with Crippen molar-refractivity contribution in [2.45, 2.75) is 26.3 Å². The molecule has 0 aliphatic carbocycles. The maximum Gasteiger partial charge on any atom is 0.267 e. The van der Waals surface area contributed by atoms with E-state index in [0.29, 0.717) is 11.0 Å². The predicted molar refractivity (Wildman–Crippen MR) is 60.4 cm³/mol. The first kappa shape index (κ1) is 11.2. The highest BCUT2D eigenvalue weighted by atomic mass is 79.9. The number of aryl methyl sites for hydroxylation is 1. The molecule has 0 saturated heterocycles. The van der Waals surface area contributed by atoms with E-state index in [4.69, 9.17) is 0 Å². The minimum atomic E-state index is -0.0124. The number of allylic oxidation sites excluding steroid dienone is 1. The van der Waals surface area contributed by atoms with Gasteiger partial charge in [-0.05, 0) is 35.7 Å². The van der Waals surface area contributed by atoms with E-state index < -0.39 is 0 Å². The smallest absolute Gasteiger partial charge is 0.267 e. The Kier molecular flexibility index (Phi) is 4.07. The summed E-state index contributed by atoms with van der Waals surface area (Å²) in [7, 11) is 0. The number of aromatic nitrogens is 2. The molecule has 0 radical (unpaired) electrons. The van der Waals surface area contributed by atoms with Crippen LogP contribution in [0.3, 0.4) is 0 Å². The summed E-state index contributed by atoms with van der Waals surface area (Å²) in [6.07, 6.45) is 5.23. The van der Waals surface area contributed by atoms with Crippen LogP contribution in [-0.2, 0) is 6.54 Å². The van der Waals surface area contributed by atoms with Crippen LogP contribution in [0.4, 0.5) is 0 Å². The molecule has 14 heavy (non-hydrogen) atoms. The highest BCUT2D eigenvalue weighted by molar-refractivity contribution is 9.10. The maximum atomic E-state index is 11.6. The van der Waals surface area contributed by atoms with Gasteiger partial charge in [0.1, 0.15) is 10.3 Å². The van der Waals surface area contributed by atoms with Crippen LogP contribution < -0.4 is 5.56 Å². The normalized spacial score (nSPS) is 10.1. The van der Waals surface area contributed by atoms with Gasteiger partial charge in [-0.2, -0.15) is 0 Å². The molecule has 0 fully saturated rings. The van der Waals surface area contributed by atoms with Crippen LogP contribution in [0.5, 0.6) is 0 Å². The van der Waals surface area contributed by atoms with Crippen molar-refractivity contribution in [1.82, 2.24) is 9.55 Å². The molecule has 3 nitrogen and oxygen atoms in total. The van der Waals surface area contributed by atoms with Gasteiger partial charge in [-0.25, -0.2) is 4.98 Å². The first-order valence-corrected chi connectivity index (χ1v) is 5.29. The van der Waals surface area contributed by atoms with Gasteiger partial charge in [0, 0.05) is 12.7 Å². The zero-order valence-corrected chi connectivity index (χ0v) is 9.75. The van der Waals surface area contributed by atoms with Gasteiger partial charge in [0.15, 0.2) is 0 Å². The summed E-state index contributed by atoms with van der Waals surface area (Å²) in [5.41, 5.74) is -0.0124. The Bertz CT molecular complexity index is 384. The molecular weight excluding hydrogens is 244 g/mol. The van der Waals surface area contributed by atoms with Crippen molar-refractivity contribution >= 4 is 15.9 Å². The molecule has 0 amide bonds.